The molecule has 1 aromatic rings. The Kier molecular flexibility index (Phi) is 4.31. The minimum Gasteiger partial charge on any atom is -0.348 e. The van der Waals surface area contributed by atoms with Gasteiger partial charge in [0, 0.05) is 0 Å². The first-order chi connectivity index (χ1) is 7.15. The molecule has 1 aromatic carbocycles. The van der Waals surface area contributed by atoms with Gasteiger partial charge in [-0.3, -0.25) is 4.79 Å². The molecule has 0 saturated carbocycles. The third kappa shape index (κ3) is 3.36. The van der Waals surface area contributed by atoms with Gasteiger partial charge >= 0.3 is 0 Å². The molecule has 15 heavy (non-hydrogen) atoms. The van der Waals surface area contributed by atoms with Crippen molar-refractivity contribution in [2.75, 3.05) is 0 Å². The molecule has 0 saturated heterocycles. The lowest BCUT2D eigenvalue weighted by Crippen LogP contribution is -2.41. The van der Waals surface area contributed by atoms with Crippen LogP contribution in [0.15, 0.2) is 30.3 Å². The number of nitrogens with two attached hydrogens (primary N) is 1. The number of benzene rings is 1. The fraction of sp³-hybridized carbons (Fsp3) is 0.417. The van der Waals surface area contributed by atoms with E-state index in [4.69, 9.17) is 5.73 Å². The number of carbonyl (C=O) groups excluding carboxylic acids is 1. The number of hydrogen-bond donors (Lipinski definition) is 2. The Bertz CT molecular complexity index is 311. The van der Waals surface area contributed by atoms with Gasteiger partial charge in [0.25, 0.3) is 0 Å². The van der Waals surface area contributed by atoms with E-state index < -0.39 is 6.04 Å². The van der Waals surface area contributed by atoms with Crippen LogP contribution in [-0.2, 0) is 4.79 Å². The molecule has 2 atom stereocenters. The Balaban J connectivity index is 2.56. The Morgan fingerprint density at radius 1 is 1.40 bits per heavy atom. The molecule has 1 unspecified atom stereocenters. The largest absolute Gasteiger partial charge is 0.348 e. The van der Waals surface area contributed by atoms with Crippen molar-refractivity contribution in [3.63, 3.8) is 0 Å². The van der Waals surface area contributed by atoms with Crippen LogP contribution in [0.2, 0.25) is 0 Å². The molecular weight excluding hydrogens is 188 g/mol. The van der Waals surface area contributed by atoms with Gasteiger partial charge in [-0.25, -0.2) is 0 Å². The summed E-state index contributed by atoms with van der Waals surface area (Å²) in [5, 5.41) is 2.88. The topological polar surface area (TPSA) is 55.1 Å². The molecule has 0 spiro atoms. The maximum Gasteiger partial charge on any atom is 0.237 e. The van der Waals surface area contributed by atoms with Crippen LogP contribution in [0.5, 0.6) is 0 Å². The van der Waals surface area contributed by atoms with Crippen molar-refractivity contribution in [3.05, 3.63) is 35.9 Å². The number of amides is 1. The van der Waals surface area contributed by atoms with E-state index in [9.17, 15) is 4.79 Å². The SMILES string of the molecule is CCC(N)C(=O)N[C@@H](C)c1ccccc1. The van der Waals surface area contributed by atoms with Gasteiger partial charge in [0.1, 0.15) is 0 Å². The van der Waals surface area contributed by atoms with Gasteiger partial charge in [-0.15, -0.1) is 0 Å². The zero-order valence-corrected chi connectivity index (χ0v) is 9.23. The lowest BCUT2D eigenvalue weighted by atomic mass is 10.1. The molecule has 0 fully saturated rings. The molecule has 0 aliphatic carbocycles. The Labute approximate surface area is 90.7 Å². The third-order valence-electron chi connectivity index (χ3n) is 2.43. The van der Waals surface area contributed by atoms with E-state index in [1.165, 1.54) is 0 Å². The first kappa shape index (κ1) is 11.7. The van der Waals surface area contributed by atoms with Crippen LogP contribution < -0.4 is 11.1 Å². The third-order valence-corrected chi connectivity index (χ3v) is 2.43. The molecule has 82 valence electrons. The molecule has 1 amide bonds. The Hall–Kier alpha value is -1.35. The Morgan fingerprint density at radius 2 is 2.00 bits per heavy atom. The summed E-state index contributed by atoms with van der Waals surface area (Å²) < 4.78 is 0. The van der Waals surface area contributed by atoms with Crippen molar-refractivity contribution in [3.8, 4) is 0 Å². The zero-order chi connectivity index (χ0) is 11.3. The minimum absolute atomic E-state index is 0.0105. The monoisotopic (exact) mass is 206 g/mol. The molecular formula is C12H18N2O. The predicted octanol–water partition coefficient (Wildman–Crippen LogP) is 1.60. The van der Waals surface area contributed by atoms with Gasteiger partial charge in [-0.1, -0.05) is 37.3 Å². The molecule has 0 aliphatic heterocycles. The van der Waals surface area contributed by atoms with Crippen molar-refractivity contribution < 1.29 is 4.79 Å². The van der Waals surface area contributed by atoms with Gasteiger partial charge in [0.15, 0.2) is 0 Å². The minimum atomic E-state index is -0.406. The van der Waals surface area contributed by atoms with Gasteiger partial charge in [-0.05, 0) is 18.9 Å². The first-order valence-electron chi connectivity index (χ1n) is 5.26. The summed E-state index contributed by atoms with van der Waals surface area (Å²) in [6.07, 6.45) is 0.660. The van der Waals surface area contributed by atoms with E-state index in [1.807, 2.05) is 44.2 Å². The molecule has 0 aliphatic rings. The van der Waals surface area contributed by atoms with Gasteiger partial charge < -0.3 is 11.1 Å². The molecule has 0 heterocycles. The highest BCUT2D eigenvalue weighted by Crippen LogP contribution is 2.11. The van der Waals surface area contributed by atoms with E-state index >= 15 is 0 Å². The first-order valence-corrected chi connectivity index (χ1v) is 5.26. The van der Waals surface area contributed by atoms with Gasteiger partial charge in [0.2, 0.25) is 5.91 Å². The molecule has 3 N–H and O–H groups in total. The number of rotatable bonds is 4. The second-order valence-electron chi connectivity index (χ2n) is 3.66. The van der Waals surface area contributed by atoms with E-state index in [2.05, 4.69) is 5.32 Å². The summed E-state index contributed by atoms with van der Waals surface area (Å²) in [7, 11) is 0. The van der Waals surface area contributed by atoms with Gasteiger partial charge in [-0.2, -0.15) is 0 Å². The molecule has 0 aromatic heterocycles. The van der Waals surface area contributed by atoms with Crippen LogP contribution in [0, 0.1) is 0 Å². The summed E-state index contributed by atoms with van der Waals surface area (Å²) in [5.74, 6) is -0.0890. The number of carbonyl (C=O) groups is 1. The highest BCUT2D eigenvalue weighted by Gasteiger charge is 2.14. The maximum atomic E-state index is 11.5. The molecule has 0 radical (unpaired) electrons. The van der Waals surface area contributed by atoms with Crippen LogP contribution in [0.3, 0.4) is 0 Å². The Morgan fingerprint density at radius 3 is 2.53 bits per heavy atom. The fourth-order valence-corrected chi connectivity index (χ4v) is 1.33. The number of hydrogen-bond acceptors (Lipinski definition) is 2. The summed E-state index contributed by atoms with van der Waals surface area (Å²) >= 11 is 0. The summed E-state index contributed by atoms with van der Waals surface area (Å²) in [6, 6.07) is 9.45. The van der Waals surface area contributed by atoms with E-state index in [-0.39, 0.29) is 11.9 Å². The quantitative estimate of drug-likeness (QED) is 0.786. The van der Waals surface area contributed by atoms with Crippen molar-refractivity contribution in [1.82, 2.24) is 5.32 Å². The van der Waals surface area contributed by atoms with E-state index in [1.54, 1.807) is 0 Å². The second kappa shape index (κ2) is 5.51. The standard InChI is InChI=1S/C12H18N2O/c1-3-11(13)12(15)14-9(2)10-7-5-4-6-8-10/h4-9,11H,3,13H2,1-2H3,(H,14,15)/t9-,11?/m0/s1. The fourth-order valence-electron chi connectivity index (χ4n) is 1.33. The molecule has 0 bridgehead atoms. The second-order valence-corrected chi connectivity index (χ2v) is 3.66. The number of nitrogens with one attached hydrogen (secondary N) is 1. The normalized spacial score (nSPS) is 14.3. The molecule has 3 nitrogen and oxygen atoms in total. The van der Waals surface area contributed by atoms with Crippen molar-refractivity contribution in [2.24, 2.45) is 5.73 Å². The maximum absolute atomic E-state index is 11.5. The van der Waals surface area contributed by atoms with Crippen LogP contribution >= 0.6 is 0 Å². The highest BCUT2D eigenvalue weighted by atomic mass is 16.2. The van der Waals surface area contributed by atoms with Crippen LogP contribution in [-0.4, -0.2) is 11.9 Å². The van der Waals surface area contributed by atoms with Gasteiger partial charge in [0.05, 0.1) is 12.1 Å². The summed E-state index contributed by atoms with van der Waals surface area (Å²) in [4.78, 5) is 11.5. The van der Waals surface area contributed by atoms with Crippen molar-refractivity contribution in [2.45, 2.75) is 32.4 Å². The zero-order valence-electron chi connectivity index (χ0n) is 9.23. The van der Waals surface area contributed by atoms with Crippen LogP contribution in [0.1, 0.15) is 31.9 Å². The van der Waals surface area contributed by atoms with Crippen LogP contribution in [0.25, 0.3) is 0 Å². The smallest absolute Gasteiger partial charge is 0.237 e. The summed E-state index contributed by atoms with van der Waals surface area (Å²) in [6.45, 7) is 3.85. The molecule has 3 heteroatoms. The average molecular weight is 206 g/mol. The molecule has 1 rings (SSSR count). The van der Waals surface area contributed by atoms with Crippen molar-refractivity contribution in [1.29, 1.82) is 0 Å². The lowest BCUT2D eigenvalue weighted by molar-refractivity contribution is -0.123. The van der Waals surface area contributed by atoms with Crippen LogP contribution in [0.4, 0.5) is 0 Å². The van der Waals surface area contributed by atoms with Crippen molar-refractivity contribution >= 4 is 5.91 Å². The average Bonchev–Trinajstić information content (AvgIpc) is 2.29. The van der Waals surface area contributed by atoms with E-state index in [0.717, 1.165) is 5.56 Å². The lowest BCUT2D eigenvalue weighted by Gasteiger charge is -2.16. The predicted molar refractivity (Wildman–Crippen MR) is 61.3 cm³/mol. The highest BCUT2D eigenvalue weighted by molar-refractivity contribution is 5.81. The summed E-state index contributed by atoms with van der Waals surface area (Å²) in [5.41, 5.74) is 6.72. The van der Waals surface area contributed by atoms with E-state index in [0.29, 0.717) is 6.42 Å².